The number of rotatable bonds is 2. The van der Waals surface area contributed by atoms with Crippen molar-refractivity contribution in [1.82, 2.24) is 4.90 Å². The van der Waals surface area contributed by atoms with Crippen molar-refractivity contribution in [1.29, 1.82) is 0 Å². The van der Waals surface area contributed by atoms with E-state index in [4.69, 9.17) is 5.73 Å². The second kappa shape index (κ2) is 5.04. The van der Waals surface area contributed by atoms with E-state index in [1.54, 1.807) is 0 Å². The summed E-state index contributed by atoms with van der Waals surface area (Å²) in [4.78, 5) is 2.89. The molecule has 19 heavy (non-hydrogen) atoms. The molecule has 0 aromatic heterocycles. The number of fused-ring (bicyclic) bond motifs is 1. The lowest BCUT2D eigenvalue weighted by Gasteiger charge is -2.54. The molecule has 3 rings (SSSR count). The van der Waals surface area contributed by atoms with Gasteiger partial charge in [0.1, 0.15) is 0 Å². The van der Waals surface area contributed by atoms with E-state index in [1.165, 1.54) is 64.3 Å². The predicted molar refractivity (Wildman–Crippen MR) is 81.1 cm³/mol. The van der Waals surface area contributed by atoms with Crippen molar-refractivity contribution in [2.75, 3.05) is 13.1 Å². The number of piperidine rings is 1. The van der Waals surface area contributed by atoms with Crippen LogP contribution in [0.4, 0.5) is 0 Å². The molecule has 0 aromatic carbocycles. The zero-order chi connectivity index (χ0) is 13.5. The van der Waals surface area contributed by atoms with Gasteiger partial charge in [0.25, 0.3) is 0 Å². The Kier molecular flexibility index (Phi) is 3.68. The van der Waals surface area contributed by atoms with Crippen molar-refractivity contribution >= 4 is 0 Å². The third-order valence-electron chi connectivity index (χ3n) is 6.52. The summed E-state index contributed by atoms with van der Waals surface area (Å²) in [6.07, 6.45) is 12.6. The molecule has 1 saturated heterocycles. The van der Waals surface area contributed by atoms with Gasteiger partial charge >= 0.3 is 0 Å². The molecule has 1 aliphatic heterocycles. The first kappa shape index (κ1) is 13.9. The predicted octanol–water partition coefficient (Wildman–Crippen LogP) is 3.55. The molecule has 2 nitrogen and oxygen atoms in total. The molecule has 0 amide bonds. The highest BCUT2D eigenvalue weighted by Gasteiger charge is 2.47. The fourth-order valence-electron chi connectivity index (χ4n) is 5.04. The molecular weight excluding hydrogens is 232 g/mol. The topological polar surface area (TPSA) is 29.3 Å². The smallest absolute Gasteiger partial charge is 0.0335 e. The van der Waals surface area contributed by atoms with Crippen LogP contribution in [0.15, 0.2) is 0 Å². The third-order valence-corrected chi connectivity index (χ3v) is 6.52. The van der Waals surface area contributed by atoms with E-state index in [0.29, 0.717) is 11.0 Å². The summed E-state index contributed by atoms with van der Waals surface area (Å²) < 4.78 is 0. The quantitative estimate of drug-likeness (QED) is 0.826. The fourth-order valence-corrected chi connectivity index (χ4v) is 5.04. The van der Waals surface area contributed by atoms with E-state index in [1.807, 2.05) is 0 Å². The molecule has 0 aromatic rings. The Bertz CT molecular complexity index is 313. The summed E-state index contributed by atoms with van der Waals surface area (Å²) >= 11 is 0. The van der Waals surface area contributed by atoms with Crippen LogP contribution in [0.5, 0.6) is 0 Å². The van der Waals surface area contributed by atoms with E-state index >= 15 is 0 Å². The molecule has 110 valence electrons. The van der Waals surface area contributed by atoms with Gasteiger partial charge in [-0.2, -0.15) is 0 Å². The highest BCUT2D eigenvalue weighted by Crippen LogP contribution is 2.47. The van der Waals surface area contributed by atoms with E-state index < -0.39 is 0 Å². The van der Waals surface area contributed by atoms with Crippen molar-refractivity contribution in [3.8, 4) is 0 Å². The molecule has 3 fully saturated rings. The highest BCUT2D eigenvalue weighted by molar-refractivity contribution is 5.03. The Morgan fingerprint density at radius 1 is 1.00 bits per heavy atom. The van der Waals surface area contributed by atoms with Crippen LogP contribution >= 0.6 is 0 Å². The molecular formula is C17H32N2. The summed E-state index contributed by atoms with van der Waals surface area (Å²) in [5.74, 6) is 0.993. The maximum Gasteiger partial charge on any atom is 0.0335 e. The van der Waals surface area contributed by atoms with Crippen molar-refractivity contribution in [3.05, 3.63) is 0 Å². The summed E-state index contributed by atoms with van der Waals surface area (Å²) in [5.41, 5.74) is 7.19. The highest BCUT2D eigenvalue weighted by atomic mass is 15.2. The summed E-state index contributed by atoms with van der Waals surface area (Å²) in [5, 5.41) is 0. The lowest BCUT2D eigenvalue weighted by Crippen LogP contribution is -2.62. The van der Waals surface area contributed by atoms with Gasteiger partial charge in [-0.3, -0.25) is 4.90 Å². The molecule has 0 spiro atoms. The van der Waals surface area contributed by atoms with Crippen molar-refractivity contribution in [2.45, 2.75) is 83.2 Å². The standard InChI is InChI=1S/C17H32N2/c1-16(2)8-10-17(13-18,11-9-16)19-12-4-6-14-5-3-7-15(14)19/h14-15H,3-13,18H2,1-2H3. The number of likely N-dealkylation sites (tertiary alicyclic amines) is 1. The molecule has 1 heterocycles. The normalized spacial score (nSPS) is 38.1. The molecule has 3 aliphatic rings. The van der Waals surface area contributed by atoms with Crippen LogP contribution in [0, 0.1) is 11.3 Å². The average molecular weight is 264 g/mol. The van der Waals surface area contributed by atoms with Gasteiger partial charge in [-0.25, -0.2) is 0 Å². The number of nitrogens with zero attached hydrogens (tertiary/aromatic N) is 1. The van der Waals surface area contributed by atoms with E-state index in [2.05, 4.69) is 18.7 Å². The van der Waals surface area contributed by atoms with Crippen molar-refractivity contribution < 1.29 is 0 Å². The van der Waals surface area contributed by atoms with E-state index in [9.17, 15) is 0 Å². The largest absolute Gasteiger partial charge is 0.329 e. The maximum absolute atomic E-state index is 6.30. The van der Waals surface area contributed by atoms with Gasteiger partial charge in [-0.05, 0) is 69.2 Å². The fraction of sp³-hybridized carbons (Fsp3) is 1.00. The van der Waals surface area contributed by atoms with Crippen LogP contribution in [0.25, 0.3) is 0 Å². The molecule has 0 radical (unpaired) electrons. The zero-order valence-electron chi connectivity index (χ0n) is 13.0. The average Bonchev–Trinajstić information content (AvgIpc) is 2.88. The van der Waals surface area contributed by atoms with Gasteiger partial charge in [-0.1, -0.05) is 20.3 Å². The number of hydrogen-bond donors (Lipinski definition) is 1. The number of nitrogens with two attached hydrogens (primary N) is 1. The van der Waals surface area contributed by atoms with Crippen LogP contribution in [0.1, 0.15) is 71.6 Å². The van der Waals surface area contributed by atoms with Crippen molar-refractivity contribution in [3.63, 3.8) is 0 Å². The minimum absolute atomic E-state index is 0.350. The molecule has 2 N–H and O–H groups in total. The first-order valence-corrected chi connectivity index (χ1v) is 8.53. The second-order valence-corrected chi connectivity index (χ2v) is 8.19. The Hall–Kier alpha value is -0.0800. The molecule has 0 bridgehead atoms. The van der Waals surface area contributed by atoms with Crippen LogP contribution in [-0.2, 0) is 0 Å². The van der Waals surface area contributed by atoms with E-state index in [-0.39, 0.29) is 0 Å². The van der Waals surface area contributed by atoms with Gasteiger partial charge in [0.15, 0.2) is 0 Å². The first-order chi connectivity index (χ1) is 9.06. The molecule has 2 unspecified atom stereocenters. The maximum atomic E-state index is 6.30. The van der Waals surface area contributed by atoms with Gasteiger partial charge in [0.2, 0.25) is 0 Å². The van der Waals surface area contributed by atoms with Crippen LogP contribution < -0.4 is 5.73 Å². The third kappa shape index (κ3) is 2.47. The summed E-state index contributed by atoms with van der Waals surface area (Å²) in [7, 11) is 0. The minimum atomic E-state index is 0.350. The summed E-state index contributed by atoms with van der Waals surface area (Å²) in [6, 6.07) is 0.874. The Balaban J connectivity index is 1.78. The molecule has 2 saturated carbocycles. The zero-order valence-corrected chi connectivity index (χ0v) is 13.0. The lowest BCUT2D eigenvalue weighted by molar-refractivity contribution is -0.0363. The molecule has 2 aliphatic carbocycles. The van der Waals surface area contributed by atoms with E-state index in [0.717, 1.165) is 18.5 Å². The van der Waals surface area contributed by atoms with Gasteiger partial charge in [0.05, 0.1) is 0 Å². The monoisotopic (exact) mass is 264 g/mol. The Morgan fingerprint density at radius 2 is 1.68 bits per heavy atom. The lowest BCUT2D eigenvalue weighted by atomic mass is 9.67. The molecule has 2 heteroatoms. The van der Waals surface area contributed by atoms with Crippen LogP contribution in [0.3, 0.4) is 0 Å². The Morgan fingerprint density at radius 3 is 2.37 bits per heavy atom. The minimum Gasteiger partial charge on any atom is -0.329 e. The van der Waals surface area contributed by atoms with Crippen LogP contribution in [-0.4, -0.2) is 29.6 Å². The molecule has 2 atom stereocenters. The van der Waals surface area contributed by atoms with Crippen LogP contribution in [0.2, 0.25) is 0 Å². The second-order valence-electron chi connectivity index (χ2n) is 8.19. The van der Waals surface area contributed by atoms with Crippen molar-refractivity contribution in [2.24, 2.45) is 17.1 Å². The number of hydrogen-bond acceptors (Lipinski definition) is 2. The first-order valence-electron chi connectivity index (χ1n) is 8.53. The summed E-state index contributed by atoms with van der Waals surface area (Å²) in [6.45, 7) is 7.06. The van der Waals surface area contributed by atoms with Gasteiger partial charge in [0, 0.05) is 18.1 Å². The van der Waals surface area contributed by atoms with Gasteiger partial charge in [-0.15, -0.1) is 0 Å². The SMILES string of the molecule is CC1(C)CCC(CN)(N2CCCC3CCCC32)CC1. The Labute approximate surface area is 119 Å². The van der Waals surface area contributed by atoms with Gasteiger partial charge < -0.3 is 5.73 Å².